The first-order valence-electron chi connectivity index (χ1n) is 15.1. The molecule has 250 valence electrons. The Morgan fingerprint density at radius 1 is 0.936 bits per heavy atom. The third-order valence-corrected chi connectivity index (χ3v) is 8.51. The fourth-order valence-electron chi connectivity index (χ4n) is 5.45. The number of fused-ring (bicyclic) bond motifs is 2. The van der Waals surface area contributed by atoms with Crippen LogP contribution in [0.2, 0.25) is 0 Å². The highest BCUT2D eigenvalue weighted by Gasteiger charge is 2.34. The largest absolute Gasteiger partial charge is 0.493 e. The van der Waals surface area contributed by atoms with Gasteiger partial charge in [0, 0.05) is 49.0 Å². The first-order valence-corrected chi connectivity index (χ1v) is 15.1. The van der Waals surface area contributed by atoms with Crippen molar-refractivity contribution in [2.45, 2.75) is 45.3 Å². The van der Waals surface area contributed by atoms with Crippen LogP contribution in [-0.2, 0) is 0 Å². The number of aliphatic imine (C=N–C) groups is 1. The summed E-state index contributed by atoms with van der Waals surface area (Å²) in [6.07, 6.45) is 3.67. The number of benzene rings is 3. The molecule has 0 aliphatic carbocycles. The predicted molar refractivity (Wildman–Crippen MR) is 174 cm³/mol. The molecule has 13 heteroatoms. The number of nitro benzene ring substituents is 1. The van der Waals surface area contributed by atoms with Crippen LogP contribution in [0.5, 0.6) is 46.0 Å². The van der Waals surface area contributed by atoms with E-state index in [1.54, 1.807) is 24.3 Å². The zero-order valence-corrected chi connectivity index (χ0v) is 27.5. The van der Waals surface area contributed by atoms with Gasteiger partial charge >= 0.3 is 5.69 Å². The molecule has 2 atom stereocenters. The molecule has 47 heavy (non-hydrogen) atoms. The minimum Gasteiger partial charge on any atom is -0.493 e. The average Bonchev–Trinajstić information content (AvgIpc) is 3.49. The van der Waals surface area contributed by atoms with Gasteiger partial charge in [-0.15, -0.1) is 0 Å². The second-order valence-electron chi connectivity index (χ2n) is 11.8. The van der Waals surface area contributed by atoms with E-state index < -0.39 is 10.5 Å². The lowest BCUT2D eigenvalue weighted by molar-refractivity contribution is -0.385. The van der Waals surface area contributed by atoms with Gasteiger partial charge in [-0.3, -0.25) is 19.9 Å². The predicted octanol–water partition coefficient (Wildman–Crippen LogP) is 6.61. The van der Waals surface area contributed by atoms with Gasteiger partial charge in [-0.1, -0.05) is 6.92 Å². The Morgan fingerprint density at radius 3 is 2.26 bits per heavy atom. The van der Waals surface area contributed by atoms with Crippen molar-refractivity contribution in [1.29, 1.82) is 0 Å². The molecule has 13 nitrogen and oxygen atoms in total. The highest BCUT2D eigenvalue weighted by Crippen LogP contribution is 2.44. The average molecular weight is 650 g/mol. The summed E-state index contributed by atoms with van der Waals surface area (Å²) in [5.41, 5.74) is -0.00659. The second-order valence-corrected chi connectivity index (χ2v) is 11.8. The number of hydrogen-bond donors (Lipinski definition) is 0. The van der Waals surface area contributed by atoms with Crippen LogP contribution < -0.4 is 33.2 Å². The number of carbonyl (C=O) groups excluding carboxylic acids is 1. The van der Waals surface area contributed by atoms with Gasteiger partial charge in [0.2, 0.25) is 11.5 Å². The standard InChI is InChI=1S/C34H39N3O10/c1-20(34(2,3)47-29-17-25-24(16-28(29)41-4)33(38)36-12-8-9-21(36)18-35-25)19-45-22-10-11-26(37(39)40)27(13-22)46-23-14-30(42-5)32(44-7)31(15-23)43-6/h10-11,13-18,20-21H,8-9,12,19H2,1-7H3. The Labute approximate surface area is 273 Å². The molecule has 0 radical (unpaired) electrons. The van der Waals surface area contributed by atoms with Crippen molar-refractivity contribution in [3.63, 3.8) is 0 Å². The monoisotopic (exact) mass is 649 g/mol. The fourth-order valence-corrected chi connectivity index (χ4v) is 5.45. The lowest BCUT2D eigenvalue weighted by Crippen LogP contribution is -2.39. The van der Waals surface area contributed by atoms with Gasteiger partial charge in [0.05, 0.1) is 57.3 Å². The molecule has 1 fully saturated rings. The summed E-state index contributed by atoms with van der Waals surface area (Å²) in [6.45, 7) is 6.71. The molecule has 2 aliphatic rings. The van der Waals surface area contributed by atoms with Gasteiger partial charge in [0.25, 0.3) is 5.91 Å². The van der Waals surface area contributed by atoms with Crippen LogP contribution in [-0.4, -0.2) is 75.2 Å². The van der Waals surface area contributed by atoms with Crippen molar-refractivity contribution in [3.05, 3.63) is 58.1 Å². The first-order chi connectivity index (χ1) is 22.5. The van der Waals surface area contributed by atoms with E-state index in [-0.39, 0.29) is 41.7 Å². The van der Waals surface area contributed by atoms with Crippen LogP contribution in [0, 0.1) is 16.0 Å². The van der Waals surface area contributed by atoms with E-state index in [4.69, 9.17) is 33.2 Å². The third-order valence-electron chi connectivity index (χ3n) is 8.51. The summed E-state index contributed by atoms with van der Waals surface area (Å²) >= 11 is 0. The van der Waals surface area contributed by atoms with Crippen molar-refractivity contribution in [1.82, 2.24) is 4.90 Å². The zero-order valence-electron chi connectivity index (χ0n) is 27.5. The van der Waals surface area contributed by atoms with E-state index in [1.165, 1.54) is 46.6 Å². The van der Waals surface area contributed by atoms with Crippen molar-refractivity contribution in [3.8, 4) is 46.0 Å². The number of carbonyl (C=O) groups is 1. The van der Waals surface area contributed by atoms with Crippen molar-refractivity contribution >= 4 is 23.5 Å². The summed E-state index contributed by atoms with van der Waals surface area (Å²) in [5, 5.41) is 11.8. The van der Waals surface area contributed by atoms with Crippen LogP contribution in [0.3, 0.4) is 0 Å². The molecule has 2 unspecified atom stereocenters. The molecule has 0 N–H and O–H groups in total. The number of methoxy groups -OCH3 is 4. The number of amides is 1. The summed E-state index contributed by atoms with van der Waals surface area (Å²) in [7, 11) is 5.93. The van der Waals surface area contributed by atoms with Gasteiger partial charge < -0.3 is 38.1 Å². The smallest absolute Gasteiger partial charge is 0.311 e. The maximum atomic E-state index is 13.2. The van der Waals surface area contributed by atoms with Crippen LogP contribution in [0.4, 0.5) is 11.4 Å². The summed E-state index contributed by atoms with van der Waals surface area (Å²) in [4.78, 5) is 31.0. The van der Waals surface area contributed by atoms with E-state index in [1.807, 2.05) is 31.9 Å². The lowest BCUT2D eigenvalue weighted by Gasteiger charge is -2.33. The molecule has 2 heterocycles. The van der Waals surface area contributed by atoms with Crippen molar-refractivity contribution in [2.75, 3.05) is 41.6 Å². The molecule has 0 bridgehead atoms. The Bertz CT molecular complexity index is 1660. The van der Waals surface area contributed by atoms with E-state index in [0.29, 0.717) is 52.3 Å². The molecule has 0 spiro atoms. The van der Waals surface area contributed by atoms with Crippen LogP contribution >= 0.6 is 0 Å². The number of nitro groups is 1. The molecule has 5 rings (SSSR count). The minimum atomic E-state index is -0.768. The van der Waals surface area contributed by atoms with Crippen molar-refractivity contribution in [2.24, 2.45) is 10.9 Å². The summed E-state index contributed by atoms with van der Waals surface area (Å²) < 4.78 is 40.3. The second kappa shape index (κ2) is 13.7. The Kier molecular flexibility index (Phi) is 9.64. The zero-order chi connectivity index (χ0) is 33.9. The van der Waals surface area contributed by atoms with E-state index >= 15 is 0 Å². The normalized spacial score (nSPS) is 16.0. The number of rotatable bonds is 13. The highest BCUT2D eigenvalue weighted by molar-refractivity contribution is 6.03. The molecule has 1 saturated heterocycles. The van der Waals surface area contributed by atoms with Crippen molar-refractivity contribution < 1.29 is 42.9 Å². The lowest BCUT2D eigenvalue weighted by atomic mass is 9.93. The molecular weight excluding hydrogens is 610 g/mol. The van der Waals surface area contributed by atoms with Gasteiger partial charge in [0.15, 0.2) is 23.0 Å². The molecule has 1 amide bonds. The van der Waals surface area contributed by atoms with Gasteiger partial charge in [0.1, 0.15) is 17.1 Å². The highest BCUT2D eigenvalue weighted by atomic mass is 16.6. The topological polar surface area (TPSA) is 140 Å². The maximum absolute atomic E-state index is 13.2. The Balaban J connectivity index is 1.33. The van der Waals surface area contributed by atoms with Gasteiger partial charge in [-0.2, -0.15) is 0 Å². The molecule has 0 saturated carbocycles. The van der Waals surface area contributed by atoms with Gasteiger partial charge in [-0.05, 0) is 38.8 Å². The molecule has 3 aromatic carbocycles. The number of nitrogens with zero attached hydrogens (tertiary/aromatic N) is 3. The number of ether oxygens (including phenoxy) is 7. The molecule has 2 aliphatic heterocycles. The van der Waals surface area contributed by atoms with E-state index in [9.17, 15) is 14.9 Å². The first kappa shape index (κ1) is 33.2. The summed E-state index contributed by atoms with van der Waals surface area (Å²) in [5.74, 6) is 2.21. The van der Waals surface area contributed by atoms with Crippen LogP contribution in [0.15, 0.2) is 47.5 Å². The maximum Gasteiger partial charge on any atom is 0.311 e. The third kappa shape index (κ3) is 6.83. The SMILES string of the molecule is COc1cc2c(cc1OC(C)(C)C(C)COc1ccc([N+](=O)[O-])c(Oc3cc(OC)c(OC)c(OC)c3)c1)N=CC1CCCN1C2=O. The quantitative estimate of drug-likeness (QED) is 0.147. The van der Waals surface area contributed by atoms with Crippen LogP contribution in [0.1, 0.15) is 44.0 Å². The minimum absolute atomic E-state index is 0.00826. The Hall–Kier alpha value is -5.20. The van der Waals surface area contributed by atoms with Gasteiger partial charge in [-0.25, -0.2) is 0 Å². The Morgan fingerprint density at radius 2 is 1.62 bits per heavy atom. The summed E-state index contributed by atoms with van der Waals surface area (Å²) in [6, 6.07) is 10.8. The molecule has 0 aromatic heterocycles. The fraction of sp³-hybridized carbons (Fsp3) is 0.412. The molecule has 3 aromatic rings. The number of hydrogen-bond acceptors (Lipinski definition) is 11. The van der Waals surface area contributed by atoms with Crippen LogP contribution in [0.25, 0.3) is 0 Å². The van der Waals surface area contributed by atoms with E-state index in [0.717, 1.165) is 12.8 Å². The molecular formula is C34H39N3O10. The van der Waals surface area contributed by atoms with E-state index in [2.05, 4.69) is 4.99 Å².